The van der Waals surface area contributed by atoms with Gasteiger partial charge in [-0.15, -0.1) is 0 Å². The predicted molar refractivity (Wildman–Crippen MR) is 124 cm³/mol. The average molecular weight is 477 g/mol. The van der Waals surface area contributed by atoms with Gasteiger partial charge in [0.2, 0.25) is 0 Å². The number of pyridine rings is 2. The first-order valence-corrected chi connectivity index (χ1v) is 10.6. The quantitative estimate of drug-likeness (QED) is 0.372. The summed E-state index contributed by atoms with van der Waals surface area (Å²) in [6, 6.07) is 11.5. The lowest BCUT2D eigenvalue weighted by Gasteiger charge is -2.22. The summed E-state index contributed by atoms with van der Waals surface area (Å²) < 4.78 is 29.1. The van der Waals surface area contributed by atoms with Crippen LogP contribution in [-0.4, -0.2) is 48.9 Å². The molecular weight excluding hydrogens is 456 g/mol. The third-order valence-corrected chi connectivity index (χ3v) is 5.24. The summed E-state index contributed by atoms with van der Waals surface area (Å²) in [5, 5.41) is 28.6. The van der Waals surface area contributed by atoms with Crippen LogP contribution >= 0.6 is 0 Å². The fourth-order valence-corrected chi connectivity index (χ4v) is 3.25. The number of aliphatic hydroxyl groups is 1. The second-order valence-electron chi connectivity index (χ2n) is 8.34. The zero-order valence-corrected chi connectivity index (χ0v) is 18.8. The van der Waals surface area contributed by atoms with Gasteiger partial charge in [0.1, 0.15) is 23.9 Å². The summed E-state index contributed by atoms with van der Waals surface area (Å²) in [4.78, 5) is 21.2. The normalized spacial score (nSPS) is 12.2. The number of carbonyl (C=O) groups is 1. The van der Waals surface area contributed by atoms with Crippen molar-refractivity contribution in [2.45, 2.75) is 25.6 Å². The molecule has 0 bridgehead atoms. The van der Waals surface area contributed by atoms with Gasteiger partial charge in [0.15, 0.2) is 0 Å². The average Bonchev–Trinajstić information content (AvgIpc) is 3.26. The third kappa shape index (κ3) is 5.23. The van der Waals surface area contributed by atoms with Crippen LogP contribution in [0.5, 0.6) is 0 Å². The minimum atomic E-state index is -1.69. The van der Waals surface area contributed by atoms with Crippen LogP contribution in [0.2, 0.25) is 0 Å². The number of carbonyl (C=O) groups excluding carboxylic acids is 1. The topological polar surface area (TPSA) is 128 Å². The zero-order chi connectivity index (χ0) is 25.2. The number of anilines is 2. The summed E-state index contributed by atoms with van der Waals surface area (Å²) in [6.07, 6.45) is 2.08. The summed E-state index contributed by atoms with van der Waals surface area (Å²) in [6.45, 7) is 2.21. The summed E-state index contributed by atoms with van der Waals surface area (Å²) >= 11 is 0. The molecule has 0 saturated heterocycles. The second kappa shape index (κ2) is 9.44. The number of amides is 1. The Bertz CT molecular complexity index is 1420. The molecule has 0 aliphatic carbocycles. The van der Waals surface area contributed by atoms with Crippen LogP contribution in [-0.2, 0) is 0 Å². The first-order chi connectivity index (χ1) is 16.7. The van der Waals surface area contributed by atoms with Crippen molar-refractivity contribution in [1.82, 2.24) is 24.9 Å². The zero-order valence-electron chi connectivity index (χ0n) is 18.8. The molecule has 9 nitrogen and oxygen atoms in total. The largest absolute Gasteiger partial charge is 0.387 e. The Morgan fingerprint density at radius 2 is 2.00 bits per heavy atom. The maximum absolute atomic E-state index is 14.2. The van der Waals surface area contributed by atoms with Gasteiger partial charge in [-0.25, -0.2) is 18.3 Å². The number of halogens is 2. The number of aromatic nitrogens is 4. The lowest BCUT2D eigenvalue weighted by atomic mass is 10.0. The molecule has 1 amide bonds. The monoisotopic (exact) mass is 477 g/mol. The van der Waals surface area contributed by atoms with E-state index in [1.165, 1.54) is 38.4 Å². The summed E-state index contributed by atoms with van der Waals surface area (Å²) in [7, 11) is 0. The third-order valence-electron chi connectivity index (χ3n) is 5.24. The fraction of sp³-hybridized carbons (Fsp3) is 0.208. The van der Waals surface area contributed by atoms with Crippen molar-refractivity contribution in [1.29, 1.82) is 5.26 Å². The molecule has 4 rings (SSSR count). The Morgan fingerprint density at radius 1 is 1.20 bits per heavy atom. The van der Waals surface area contributed by atoms with Gasteiger partial charge in [0, 0.05) is 6.20 Å². The van der Waals surface area contributed by atoms with Crippen molar-refractivity contribution >= 4 is 22.9 Å². The van der Waals surface area contributed by atoms with E-state index in [0.717, 1.165) is 6.20 Å². The molecule has 0 saturated carbocycles. The Morgan fingerprint density at radius 3 is 2.69 bits per heavy atom. The maximum Gasteiger partial charge on any atom is 0.255 e. The van der Waals surface area contributed by atoms with Crippen molar-refractivity contribution in [3.63, 3.8) is 0 Å². The van der Waals surface area contributed by atoms with Gasteiger partial charge in [-0.3, -0.25) is 9.78 Å². The van der Waals surface area contributed by atoms with Gasteiger partial charge >= 0.3 is 0 Å². The molecule has 3 N–H and O–H groups in total. The summed E-state index contributed by atoms with van der Waals surface area (Å²) in [5.74, 6) is -0.876. The van der Waals surface area contributed by atoms with Gasteiger partial charge in [0.05, 0.1) is 58.3 Å². The van der Waals surface area contributed by atoms with Crippen molar-refractivity contribution in [3.05, 3.63) is 71.9 Å². The number of hydrogen-bond donors (Lipinski definition) is 3. The van der Waals surface area contributed by atoms with Gasteiger partial charge in [0.25, 0.3) is 5.91 Å². The highest BCUT2D eigenvalue weighted by Crippen LogP contribution is 2.27. The number of nitrogens with one attached hydrogen (secondary N) is 2. The van der Waals surface area contributed by atoms with Crippen LogP contribution in [0.1, 0.15) is 29.8 Å². The van der Waals surface area contributed by atoms with Crippen LogP contribution in [0, 0.1) is 17.1 Å². The van der Waals surface area contributed by atoms with Crippen LogP contribution in [0.25, 0.3) is 16.9 Å². The molecule has 4 aromatic heterocycles. The molecule has 11 heteroatoms. The number of hydrogen-bond acceptors (Lipinski definition) is 7. The van der Waals surface area contributed by atoms with E-state index in [1.807, 2.05) is 6.07 Å². The number of alkyl halides is 1. The van der Waals surface area contributed by atoms with Crippen LogP contribution in [0.15, 0.2) is 55.0 Å². The lowest BCUT2D eigenvalue weighted by Crippen LogP contribution is -2.42. The SMILES string of the molecule is CC(C)(O)C(F)CNC(=O)c1cnc(-c2ccc3cc(C#N)cnn23)cc1Nc1ccc(F)cn1. The van der Waals surface area contributed by atoms with Crippen molar-refractivity contribution < 1.29 is 18.7 Å². The van der Waals surface area contributed by atoms with Gasteiger partial charge in [-0.1, -0.05) is 0 Å². The molecule has 178 valence electrons. The van der Waals surface area contributed by atoms with E-state index in [4.69, 9.17) is 5.26 Å². The van der Waals surface area contributed by atoms with E-state index >= 15 is 0 Å². The van der Waals surface area contributed by atoms with Crippen LogP contribution in [0.4, 0.5) is 20.3 Å². The molecule has 1 atom stereocenters. The first-order valence-electron chi connectivity index (χ1n) is 10.6. The molecule has 0 aromatic carbocycles. The highest BCUT2D eigenvalue weighted by Gasteiger charge is 2.27. The number of fused-ring (bicyclic) bond motifs is 1. The summed E-state index contributed by atoms with van der Waals surface area (Å²) in [5.41, 5.74) is 0.878. The fourth-order valence-electron chi connectivity index (χ4n) is 3.25. The molecule has 0 aliphatic heterocycles. The van der Waals surface area contributed by atoms with Crippen molar-refractivity contribution in [2.75, 3.05) is 11.9 Å². The second-order valence-corrected chi connectivity index (χ2v) is 8.34. The van der Waals surface area contributed by atoms with E-state index in [2.05, 4.69) is 25.7 Å². The highest BCUT2D eigenvalue weighted by molar-refractivity contribution is 6.00. The highest BCUT2D eigenvalue weighted by atomic mass is 19.1. The number of nitrogens with zero attached hydrogens (tertiary/aromatic N) is 5. The molecule has 4 heterocycles. The molecule has 4 aromatic rings. The Labute approximate surface area is 199 Å². The standard InChI is InChI=1S/C24H21F2N7O2/c1-24(2,35)21(26)13-30-23(34)17-12-28-19(8-18(17)32-22-6-3-15(25)11-29-22)20-5-4-16-7-14(9-27)10-31-33(16)20/h3-8,10-12,21,35H,13H2,1-2H3,(H,30,34)(H,28,29,32). The van der Waals surface area contributed by atoms with Crippen molar-refractivity contribution in [2.24, 2.45) is 0 Å². The molecule has 0 fully saturated rings. The van der Waals surface area contributed by atoms with Gasteiger partial charge < -0.3 is 15.7 Å². The van der Waals surface area contributed by atoms with Crippen LogP contribution < -0.4 is 10.6 Å². The Hall–Kier alpha value is -4.43. The van der Waals surface area contributed by atoms with Gasteiger partial charge in [-0.2, -0.15) is 10.4 Å². The minimum Gasteiger partial charge on any atom is -0.387 e. The molecule has 1 unspecified atom stereocenters. The Kier molecular flexibility index (Phi) is 6.40. The lowest BCUT2D eigenvalue weighted by molar-refractivity contribution is -0.00177. The number of rotatable bonds is 7. The molecule has 0 aliphatic rings. The maximum atomic E-state index is 14.2. The van der Waals surface area contributed by atoms with E-state index < -0.39 is 30.0 Å². The van der Waals surface area contributed by atoms with Crippen molar-refractivity contribution in [3.8, 4) is 17.5 Å². The van der Waals surface area contributed by atoms with Gasteiger partial charge in [-0.05, 0) is 50.2 Å². The predicted octanol–water partition coefficient (Wildman–Crippen LogP) is 3.38. The first kappa shape index (κ1) is 23.7. The molecule has 0 radical (unpaired) electrons. The van der Waals surface area contributed by atoms with E-state index in [1.54, 1.807) is 28.8 Å². The molecular formula is C24H21F2N7O2. The number of nitriles is 1. The van der Waals surface area contributed by atoms with E-state index in [9.17, 15) is 18.7 Å². The molecule has 35 heavy (non-hydrogen) atoms. The smallest absolute Gasteiger partial charge is 0.255 e. The van der Waals surface area contributed by atoms with E-state index in [-0.39, 0.29) is 17.1 Å². The minimum absolute atomic E-state index is 0.0865. The van der Waals surface area contributed by atoms with Crippen LogP contribution in [0.3, 0.4) is 0 Å². The molecule has 0 spiro atoms. The Balaban J connectivity index is 1.71. The van der Waals surface area contributed by atoms with E-state index in [0.29, 0.717) is 22.5 Å².